The summed E-state index contributed by atoms with van der Waals surface area (Å²) in [4.78, 5) is 6.95. The van der Waals surface area contributed by atoms with Crippen LogP contribution in [0.2, 0.25) is 0 Å². The monoisotopic (exact) mass is 422 g/mol. The highest BCUT2D eigenvalue weighted by atomic mass is 16.3. The minimum Gasteiger partial charge on any atom is -0.390 e. The Morgan fingerprint density at radius 1 is 1.13 bits per heavy atom. The van der Waals surface area contributed by atoms with Crippen LogP contribution < -0.4 is 0 Å². The minimum absolute atomic E-state index is 0.280. The van der Waals surface area contributed by atoms with E-state index in [1.165, 1.54) is 30.4 Å². The van der Waals surface area contributed by atoms with E-state index in [2.05, 4.69) is 76.1 Å². The Hall–Kier alpha value is -2.13. The van der Waals surface area contributed by atoms with E-state index in [4.69, 9.17) is 4.99 Å². The van der Waals surface area contributed by atoms with Gasteiger partial charge in [0.25, 0.3) is 0 Å². The van der Waals surface area contributed by atoms with Crippen LogP contribution in [0.25, 0.3) is 0 Å². The fraction of sp³-hybridized carbons (Fsp3) is 0.536. The Bertz CT molecular complexity index is 813. The van der Waals surface area contributed by atoms with E-state index >= 15 is 0 Å². The Balaban J connectivity index is 0.000000316. The Morgan fingerprint density at radius 2 is 1.74 bits per heavy atom. The van der Waals surface area contributed by atoms with Crippen molar-refractivity contribution >= 4 is 5.71 Å². The molecule has 1 aliphatic heterocycles. The molecule has 31 heavy (non-hydrogen) atoms. The zero-order valence-corrected chi connectivity index (χ0v) is 20.4. The number of hydrogen-bond acceptors (Lipinski definition) is 3. The van der Waals surface area contributed by atoms with Gasteiger partial charge in [0.05, 0.1) is 5.60 Å². The lowest BCUT2D eigenvalue weighted by atomic mass is 9.83. The molecule has 0 bridgehead atoms. The van der Waals surface area contributed by atoms with Gasteiger partial charge in [-0.05, 0) is 51.5 Å². The molecule has 0 amide bonds. The highest BCUT2D eigenvalue weighted by Crippen LogP contribution is 2.36. The van der Waals surface area contributed by atoms with Gasteiger partial charge in [-0.25, -0.2) is 4.99 Å². The molecule has 2 aliphatic rings. The van der Waals surface area contributed by atoms with Crippen LogP contribution in [0.1, 0.15) is 78.2 Å². The summed E-state index contributed by atoms with van der Waals surface area (Å²) in [6.07, 6.45) is 8.66. The molecule has 0 spiro atoms. The van der Waals surface area contributed by atoms with Gasteiger partial charge in [-0.3, -0.25) is 0 Å². The molecule has 1 aromatic carbocycles. The zero-order chi connectivity index (χ0) is 23.0. The number of allylic oxidation sites excluding steroid dienone is 3. The Morgan fingerprint density at radius 3 is 2.23 bits per heavy atom. The van der Waals surface area contributed by atoms with Crippen molar-refractivity contribution in [3.8, 4) is 0 Å². The average Bonchev–Trinajstić information content (AvgIpc) is 3.10. The van der Waals surface area contributed by atoms with Crippen molar-refractivity contribution in [3.05, 3.63) is 71.7 Å². The average molecular weight is 423 g/mol. The molecule has 1 aliphatic carbocycles. The zero-order valence-electron chi connectivity index (χ0n) is 20.4. The van der Waals surface area contributed by atoms with E-state index in [0.717, 1.165) is 54.9 Å². The quantitative estimate of drug-likeness (QED) is 0.511. The van der Waals surface area contributed by atoms with E-state index in [1.54, 1.807) is 0 Å². The third-order valence-corrected chi connectivity index (χ3v) is 6.76. The molecule has 0 saturated heterocycles. The van der Waals surface area contributed by atoms with Crippen molar-refractivity contribution < 1.29 is 5.11 Å². The fourth-order valence-electron chi connectivity index (χ4n) is 4.46. The van der Waals surface area contributed by atoms with E-state index in [9.17, 15) is 5.11 Å². The Labute approximate surface area is 190 Å². The highest BCUT2D eigenvalue weighted by molar-refractivity contribution is 5.92. The van der Waals surface area contributed by atoms with Crippen LogP contribution in [0.5, 0.6) is 0 Å². The van der Waals surface area contributed by atoms with E-state index < -0.39 is 0 Å². The maximum Gasteiger partial charge on any atom is 0.136 e. The summed E-state index contributed by atoms with van der Waals surface area (Å²) >= 11 is 0. The van der Waals surface area contributed by atoms with Crippen LogP contribution >= 0.6 is 0 Å². The van der Waals surface area contributed by atoms with Crippen molar-refractivity contribution in [2.24, 2.45) is 10.9 Å². The van der Waals surface area contributed by atoms with Crippen LogP contribution in [0.3, 0.4) is 0 Å². The molecule has 0 radical (unpaired) electrons. The van der Waals surface area contributed by atoms with Crippen molar-refractivity contribution in [3.63, 3.8) is 0 Å². The molecule has 1 unspecified atom stereocenters. The SMILES string of the molecule is C=C(C)C1=C(N(C)C(=C)CC)N=C(C)C1Cc1ccccc1.CCC1(O)CCCCC1. The summed E-state index contributed by atoms with van der Waals surface area (Å²) in [5, 5.41) is 9.68. The van der Waals surface area contributed by atoms with Crippen molar-refractivity contribution in [2.45, 2.75) is 84.7 Å². The number of aliphatic hydroxyl groups is 1. The summed E-state index contributed by atoms with van der Waals surface area (Å²) in [6.45, 7) is 16.7. The van der Waals surface area contributed by atoms with Gasteiger partial charge in [-0.2, -0.15) is 0 Å². The second-order valence-corrected chi connectivity index (χ2v) is 9.13. The van der Waals surface area contributed by atoms with Gasteiger partial charge in [0.15, 0.2) is 0 Å². The smallest absolute Gasteiger partial charge is 0.136 e. The summed E-state index contributed by atoms with van der Waals surface area (Å²) in [5.41, 5.74) is 5.63. The number of hydrogen-bond donors (Lipinski definition) is 1. The van der Waals surface area contributed by atoms with Gasteiger partial charge in [0, 0.05) is 29.9 Å². The lowest BCUT2D eigenvalue weighted by molar-refractivity contribution is 0.000672. The van der Waals surface area contributed by atoms with Crippen molar-refractivity contribution in [2.75, 3.05) is 7.05 Å². The number of rotatable bonds is 7. The first-order chi connectivity index (χ1) is 14.7. The Kier molecular flexibility index (Phi) is 9.31. The first kappa shape index (κ1) is 25.1. The van der Waals surface area contributed by atoms with E-state index in [-0.39, 0.29) is 5.60 Å². The fourth-order valence-corrected chi connectivity index (χ4v) is 4.46. The molecular formula is C28H42N2O. The molecule has 1 fully saturated rings. The molecule has 1 saturated carbocycles. The van der Waals surface area contributed by atoms with Gasteiger partial charge >= 0.3 is 0 Å². The van der Waals surface area contributed by atoms with Gasteiger partial charge in [-0.15, -0.1) is 0 Å². The van der Waals surface area contributed by atoms with E-state index in [0.29, 0.717) is 5.92 Å². The van der Waals surface area contributed by atoms with Crippen LogP contribution in [0.4, 0.5) is 0 Å². The lowest BCUT2D eigenvalue weighted by Gasteiger charge is -2.30. The second-order valence-electron chi connectivity index (χ2n) is 9.13. The van der Waals surface area contributed by atoms with Gasteiger partial charge in [-0.1, -0.05) is 82.2 Å². The second kappa shape index (κ2) is 11.5. The molecule has 1 atom stereocenters. The minimum atomic E-state index is -0.280. The van der Waals surface area contributed by atoms with Crippen LogP contribution in [-0.2, 0) is 6.42 Å². The molecule has 1 heterocycles. The largest absolute Gasteiger partial charge is 0.390 e. The van der Waals surface area contributed by atoms with Gasteiger partial charge in [0.1, 0.15) is 5.82 Å². The predicted octanol–water partition coefficient (Wildman–Crippen LogP) is 7.05. The summed E-state index contributed by atoms with van der Waals surface area (Å²) in [5.74, 6) is 1.32. The third-order valence-electron chi connectivity index (χ3n) is 6.76. The van der Waals surface area contributed by atoms with Crippen LogP contribution in [0, 0.1) is 5.92 Å². The molecule has 1 aromatic rings. The maximum absolute atomic E-state index is 9.68. The standard InChI is InChI=1S/C20H26N2.C8H16O/c1-7-15(4)22(6)20-19(14(2)3)18(16(5)21-20)13-17-11-9-8-10-12-17;1-2-8(9)6-4-3-5-7-8/h8-12,18H,2,4,7,13H2,1,3,5-6H3;9H,2-7H2,1H3. The first-order valence-corrected chi connectivity index (χ1v) is 11.9. The van der Waals surface area contributed by atoms with Gasteiger partial charge in [0.2, 0.25) is 0 Å². The van der Waals surface area contributed by atoms with E-state index in [1.807, 2.05) is 7.05 Å². The topological polar surface area (TPSA) is 35.8 Å². The maximum atomic E-state index is 9.68. The van der Waals surface area contributed by atoms with Crippen molar-refractivity contribution in [1.82, 2.24) is 4.90 Å². The number of benzene rings is 1. The molecule has 3 rings (SSSR count). The third kappa shape index (κ3) is 6.67. The van der Waals surface area contributed by atoms with Gasteiger partial charge < -0.3 is 10.0 Å². The normalized spacial score (nSPS) is 19.9. The van der Waals surface area contributed by atoms with Crippen molar-refractivity contribution in [1.29, 1.82) is 0 Å². The first-order valence-electron chi connectivity index (χ1n) is 11.9. The lowest BCUT2D eigenvalue weighted by Crippen LogP contribution is -2.29. The van der Waals surface area contributed by atoms with Crippen LogP contribution in [0.15, 0.2) is 71.1 Å². The molecule has 3 nitrogen and oxygen atoms in total. The number of nitrogens with zero attached hydrogens (tertiary/aromatic N) is 2. The molecular weight excluding hydrogens is 380 g/mol. The molecule has 3 heteroatoms. The number of aliphatic imine (C=N–C) groups is 1. The predicted molar refractivity (Wildman–Crippen MR) is 134 cm³/mol. The van der Waals surface area contributed by atoms with Crippen LogP contribution in [-0.4, -0.2) is 28.4 Å². The summed E-state index contributed by atoms with van der Waals surface area (Å²) < 4.78 is 0. The molecule has 1 N–H and O–H groups in total. The molecule has 170 valence electrons. The summed E-state index contributed by atoms with van der Waals surface area (Å²) in [7, 11) is 2.05. The summed E-state index contributed by atoms with van der Waals surface area (Å²) in [6, 6.07) is 10.6. The highest BCUT2D eigenvalue weighted by Gasteiger charge is 2.30. The molecule has 0 aromatic heterocycles.